The van der Waals surface area contributed by atoms with Gasteiger partial charge in [0, 0.05) is 12.7 Å². The van der Waals surface area contributed by atoms with Crippen molar-refractivity contribution in [2.24, 2.45) is 0 Å². The first-order valence-corrected chi connectivity index (χ1v) is 4.13. The van der Waals surface area contributed by atoms with Crippen LogP contribution in [0.3, 0.4) is 0 Å². The molecular weight excluding hydrogens is 174 g/mol. The number of hydrogen-bond donors (Lipinski definition) is 1. The van der Waals surface area contributed by atoms with Gasteiger partial charge in [-0.2, -0.15) is 0 Å². The zero-order valence-electron chi connectivity index (χ0n) is 7.85. The van der Waals surface area contributed by atoms with E-state index in [-0.39, 0.29) is 5.56 Å². The van der Waals surface area contributed by atoms with Crippen molar-refractivity contribution in [3.05, 3.63) is 35.4 Å². The van der Waals surface area contributed by atoms with E-state index in [1.165, 1.54) is 18.2 Å². The lowest BCUT2D eigenvalue weighted by Crippen LogP contribution is -1.93. The van der Waals surface area contributed by atoms with Crippen LogP contribution in [0.15, 0.2) is 18.2 Å². The Hall–Kier alpha value is -0.960. The second kappa shape index (κ2) is 6.54. The Balaban J connectivity index is 0.000000671. The summed E-state index contributed by atoms with van der Waals surface area (Å²) in [5.74, 6) is -0.876. The molecule has 74 valence electrons. The molecule has 0 aliphatic carbocycles. The molecule has 0 aliphatic heterocycles. The molecule has 1 rings (SSSR count). The van der Waals surface area contributed by atoms with E-state index in [0.717, 1.165) is 13.5 Å². The fourth-order valence-electron chi connectivity index (χ4n) is 1.02. The highest BCUT2D eigenvalue weighted by Gasteiger charge is 2.05. The van der Waals surface area contributed by atoms with Crippen molar-refractivity contribution < 1.29 is 13.9 Å². The minimum atomic E-state index is -0.438. The van der Waals surface area contributed by atoms with Crippen LogP contribution in [0.1, 0.15) is 18.9 Å². The number of aliphatic hydroxyl groups is 1. The maximum Gasteiger partial charge on any atom is 0.129 e. The summed E-state index contributed by atoms with van der Waals surface area (Å²) in [5, 5.41) is 7.00. The molecule has 1 aromatic carbocycles. The molecule has 0 aromatic heterocycles. The van der Waals surface area contributed by atoms with E-state index in [0.29, 0.717) is 6.42 Å². The lowest BCUT2D eigenvalue weighted by molar-refractivity contribution is 0.399. The van der Waals surface area contributed by atoms with E-state index in [4.69, 9.17) is 5.11 Å². The van der Waals surface area contributed by atoms with Crippen molar-refractivity contribution in [3.63, 3.8) is 0 Å². The first-order valence-electron chi connectivity index (χ1n) is 4.13. The van der Waals surface area contributed by atoms with Crippen molar-refractivity contribution in [2.75, 3.05) is 7.11 Å². The summed E-state index contributed by atoms with van der Waals surface area (Å²) in [7, 11) is 1.00. The van der Waals surface area contributed by atoms with Crippen LogP contribution in [0, 0.1) is 11.6 Å². The van der Waals surface area contributed by atoms with Crippen molar-refractivity contribution in [1.29, 1.82) is 0 Å². The molecule has 0 spiro atoms. The van der Waals surface area contributed by atoms with Gasteiger partial charge in [0.05, 0.1) is 0 Å². The average molecular weight is 188 g/mol. The molecule has 1 aromatic rings. The van der Waals surface area contributed by atoms with Crippen molar-refractivity contribution in [2.45, 2.75) is 19.8 Å². The topological polar surface area (TPSA) is 20.2 Å². The van der Waals surface area contributed by atoms with Gasteiger partial charge in [-0.05, 0) is 18.6 Å². The highest BCUT2D eigenvalue weighted by molar-refractivity contribution is 5.19. The van der Waals surface area contributed by atoms with Crippen LogP contribution in [0.5, 0.6) is 0 Å². The zero-order valence-corrected chi connectivity index (χ0v) is 7.85. The maximum absolute atomic E-state index is 12.8. The van der Waals surface area contributed by atoms with Crippen LogP contribution in [-0.4, -0.2) is 12.2 Å². The van der Waals surface area contributed by atoms with Gasteiger partial charge in [0.15, 0.2) is 0 Å². The molecule has 0 amide bonds. The fourth-order valence-corrected chi connectivity index (χ4v) is 1.02. The monoisotopic (exact) mass is 188 g/mol. The van der Waals surface area contributed by atoms with Crippen LogP contribution in [0.2, 0.25) is 0 Å². The molecule has 0 saturated carbocycles. The maximum atomic E-state index is 12.8. The van der Waals surface area contributed by atoms with Gasteiger partial charge >= 0.3 is 0 Å². The number of aliphatic hydroxyl groups excluding tert-OH is 1. The van der Waals surface area contributed by atoms with Crippen LogP contribution < -0.4 is 0 Å². The summed E-state index contributed by atoms with van der Waals surface area (Å²) < 4.78 is 25.6. The molecule has 0 aliphatic rings. The second-order valence-electron chi connectivity index (χ2n) is 2.45. The fraction of sp³-hybridized carbons (Fsp3) is 0.400. The molecule has 0 saturated heterocycles. The Labute approximate surface area is 77.0 Å². The Morgan fingerprint density at radius 2 is 1.62 bits per heavy atom. The smallest absolute Gasteiger partial charge is 0.129 e. The summed E-state index contributed by atoms with van der Waals surface area (Å²) in [6.45, 7) is 1.89. The van der Waals surface area contributed by atoms with Gasteiger partial charge in [-0.1, -0.05) is 19.4 Å². The summed E-state index contributed by atoms with van der Waals surface area (Å²) in [5.41, 5.74) is 0.204. The van der Waals surface area contributed by atoms with Crippen molar-refractivity contribution in [1.82, 2.24) is 0 Å². The zero-order chi connectivity index (χ0) is 10.3. The van der Waals surface area contributed by atoms with E-state index in [9.17, 15) is 8.78 Å². The largest absolute Gasteiger partial charge is 0.400 e. The molecule has 0 radical (unpaired) electrons. The molecule has 13 heavy (non-hydrogen) atoms. The Bertz CT molecular complexity index is 228. The highest BCUT2D eigenvalue weighted by atomic mass is 19.1. The molecule has 0 heterocycles. The van der Waals surface area contributed by atoms with Crippen LogP contribution >= 0.6 is 0 Å². The molecule has 0 fully saturated rings. The second-order valence-corrected chi connectivity index (χ2v) is 2.45. The van der Waals surface area contributed by atoms with Crippen LogP contribution in [0.4, 0.5) is 8.78 Å². The minimum Gasteiger partial charge on any atom is -0.400 e. The van der Waals surface area contributed by atoms with E-state index < -0.39 is 11.6 Å². The molecule has 3 heteroatoms. The molecular formula is C10H14F2O. The van der Waals surface area contributed by atoms with E-state index in [1.54, 1.807) is 0 Å². The van der Waals surface area contributed by atoms with E-state index in [1.807, 2.05) is 6.92 Å². The lowest BCUT2D eigenvalue weighted by atomic mass is 10.1. The van der Waals surface area contributed by atoms with Gasteiger partial charge < -0.3 is 5.11 Å². The first-order chi connectivity index (χ1) is 6.25. The molecule has 0 unspecified atom stereocenters. The standard InChI is InChI=1S/C9H10F2.CH4O/c1-2-4-7-8(10)5-3-6-9(7)11;1-2/h3,5-6H,2,4H2,1H3;2H,1H3. The Morgan fingerprint density at radius 1 is 1.15 bits per heavy atom. The average Bonchev–Trinajstić information content (AvgIpc) is 2.15. The third-order valence-corrected chi connectivity index (χ3v) is 1.56. The lowest BCUT2D eigenvalue weighted by Gasteiger charge is -2.00. The summed E-state index contributed by atoms with van der Waals surface area (Å²) in [6, 6.07) is 3.95. The van der Waals surface area contributed by atoms with Crippen molar-refractivity contribution >= 4 is 0 Å². The summed E-state index contributed by atoms with van der Waals surface area (Å²) in [4.78, 5) is 0. The van der Waals surface area contributed by atoms with E-state index in [2.05, 4.69) is 0 Å². The van der Waals surface area contributed by atoms with Crippen LogP contribution in [-0.2, 0) is 6.42 Å². The van der Waals surface area contributed by atoms with Gasteiger partial charge in [-0.3, -0.25) is 0 Å². The third kappa shape index (κ3) is 3.51. The molecule has 1 N–H and O–H groups in total. The number of hydrogen-bond acceptors (Lipinski definition) is 1. The van der Waals surface area contributed by atoms with E-state index >= 15 is 0 Å². The van der Waals surface area contributed by atoms with Crippen molar-refractivity contribution in [3.8, 4) is 0 Å². The number of rotatable bonds is 2. The molecule has 0 bridgehead atoms. The first kappa shape index (κ1) is 12.0. The SMILES string of the molecule is CCCc1c(F)cccc1F.CO. The Morgan fingerprint density at radius 3 is 2.00 bits per heavy atom. The molecule has 1 nitrogen and oxygen atoms in total. The number of halogens is 2. The predicted octanol–water partition coefficient (Wildman–Crippen LogP) is 2.53. The van der Waals surface area contributed by atoms with Gasteiger partial charge in [0.2, 0.25) is 0 Å². The van der Waals surface area contributed by atoms with Gasteiger partial charge in [-0.25, -0.2) is 8.78 Å². The van der Waals surface area contributed by atoms with Gasteiger partial charge in [0.1, 0.15) is 11.6 Å². The van der Waals surface area contributed by atoms with Crippen LogP contribution in [0.25, 0.3) is 0 Å². The predicted molar refractivity (Wildman–Crippen MR) is 48.5 cm³/mol. The number of benzene rings is 1. The summed E-state index contributed by atoms with van der Waals surface area (Å²) in [6.07, 6.45) is 1.23. The minimum absolute atomic E-state index is 0.204. The third-order valence-electron chi connectivity index (χ3n) is 1.56. The Kier molecular flexibility index (Phi) is 6.06. The normalized spacial score (nSPS) is 9.00. The highest BCUT2D eigenvalue weighted by Crippen LogP contribution is 2.13. The molecule has 0 atom stereocenters. The quantitative estimate of drug-likeness (QED) is 0.756. The van der Waals surface area contributed by atoms with Gasteiger partial charge in [0.25, 0.3) is 0 Å². The van der Waals surface area contributed by atoms with Gasteiger partial charge in [-0.15, -0.1) is 0 Å². The summed E-state index contributed by atoms with van der Waals surface area (Å²) >= 11 is 0.